The minimum atomic E-state index is -0.312. The molecule has 0 bridgehead atoms. The van der Waals surface area contributed by atoms with Gasteiger partial charge in [-0.1, -0.05) is 18.2 Å². The first-order valence-corrected chi connectivity index (χ1v) is 10.3. The number of carbonyl (C=O) groups excluding carboxylic acids is 2. The van der Waals surface area contributed by atoms with Gasteiger partial charge in [-0.05, 0) is 32.8 Å². The van der Waals surface area contributed by atoms with Crippen LogP contribution < -0.4 is 0 Å². The molecule has 0 radical (unpaired) electrons. The molecule has 30 heavy (non-hydrogen) atoms. The van der Waals surface area contributed by atoms with Crippen molar-refractivity contribution in [2.75, 3.05) is 19.7 Å². The first-order valence-electron chi connectivity index (χ1n) is 10.3. The summed E-state index contributed by atoms with van der Waals surface area (Å²) in [5.74, 6) is -0.0823. The first-order chi connectivity index (χ1) is 14.5. The van der Waals surface area contributed by atoms with Crippen molar-refractivity contribution in [2.45, 2.75) is 33.2 Å². The summed E-state index contributed by atoms with van der Waals surface area (Å²) in [4.78, 5) is 27.0. The number of amides is 1. The van der Waals surface area contributed by atoms with E-state index in [0.29, 0.717) is 49.4 Å². The van der Waals surface area contributed by atoms with E-state index in [1.165, 1.54) is 6.07 Å². The number of ether oxygens (including phenoxy) is 1. The number of furan rings is 1. The van der Waals surface area contributed by atoms with Gasteiger partial charge in [0.1, 0.15) is 17.3 Å². The van der Waals surface area contributed by atoms with Crippen LogP contribution in [0.4, 0.5) is 4.39 Å². The molecule has 1 amide bonds. The highest BCUT2D eigenvalue weighted by Crippen LogP contribution is 2.28. The number of esters is 1. The lowest BCUT2D eigenvalue weighted by Gasteiger charge is -2.31. The van der Waals surface area contributed by atoms with Crippen LogP contribution in [0.5, 0.6) is 0 Å². The highest BCUT2D eigenvalue weighted by molar-refractivity contribution is 5.98. The normalized spacial score (nSPS) is 15.0. The predicted octanol–water partition coefficient (Wildman–Crippen LogP) is 4.15. The van der Waals surface area contributed by atoms with Gasteiger partial charge in [-0.3, -0.25) is 9.59 Å². The van der Waals surface area contributed by atoms with Gasteiger partial charge in [-0.2, -0.15) is 0 Å². The van der Waals surface area contributed by atoms with E-state index in [4.69, 9.17) is 9.15 Å². The number of piperidine rings is 1. The molecule has 0 aliphatic carbocycles. The molecule has 158 valence electrons. The van der Waals surface area contributed by atoms with Crippen LogP contribution in [-0.2, 0) is 16.1 Å². The van der Waals surface area contributed by atoms with Crippen LogP contribution in [-0.4, -0.2) is 41.0 Å². The molecule has 0 N–H and O–H groups in total. The lowest BCUT2D eigenvalue weighted by atomic mass is 9.97. The highest BCUT2D eigenvalue weighted by atomic mass is 19.1. The maximum Gasteiger partial charge on any atom is 0.309 e. The van der Waals surface area contributed by atoms with Crippen molar-refractivity contribution in [3.8, 4) is 0 Å². The number of hydrogen-bond donors (Lipinski definition) is 0. The lowest BCUT2D eigenvalue weighted by Crippen LogP contribution is -2.41. The van der Waals surface area contributed by atoms with E-state index in [0.717, 1.165) is 11.3 Å². The maximum atomic E-state index is 14.3. The number of aromatic nitrogens is 1. The van der Waals surface area contributed by atoms with E-state index < -0.39 is 0 Å². The number of carbonyl (C=O) groups is 2. The number of hydrogen-bond acceptors (Lipinski definition) is 4. The standard InChI is InChI=1S/C23H25FN2O4/c1-3-29-23(28)16-8-10-25(11-9-16)22(27)20-13-21-19(12-15(2)30-21)26(20)14-17-6-4-5-7-18(17)24/h4-7,12-13,16H,3,8-11,14H2,1-2H3. The largest absolute Gasteiger partial charge is 0.466 e. The van der Waals surface area contributed by atoms with E-state index in [2.05, 4.69) is 0 Å². The second kappa shape index (κ2) is 8.34. The third kappa shape index (κ3) is 3.84. The molecule has 1 aromatic carbocycles. The number of nitrogens with zero attached hydrogens (tertiary/aromatic N) is 2. The topological polar surface area (TPSA) is 64.7 Å². The Balaban J connectivity index is 1.59. The molecule has 3 aromatic rings. The number of benzene rings is 1. The molecule has 2 aromatic heterocycles. The summed E-state index contributed by atoms with van der Waals surface area (Å²) in [5.41, 5.74) is 2.33. The van der Waals surface area contributed by atoms with E-state index in [1.54, 1.807) is 36.1 Å². The second-order valence-corrected chi connectivity index (χ2v) is 7.63. The monoisotopic (exact) mass is 412 g/mol. The van der Waals surface area contributed by atoms with Crippen molar-refractivity contribution >= 4 is 23.0 Å². The first kappa shape index (κ1) is 20.2. The van der Waals surface area contributed by atoms with Gasteiger partial charge in [0.05, 0.1) is 24.6 Å². The molecule has 1 fully saturated rings. The van der Waals surface area contributed by atoms with Gasteiger partial charge in [0.2, 0.25) is 0 Å². The van der Waals surface area contributed by atoms with E-state index in [-0.39, 0.29) is 30.2 Å². The number of fused-ring (bicyclic) bond motifs is 1. The molecule has 1 aliphatic heterocycles. The summed E-state index contributed by atoms with van der Waals surface area (Å²) in [6.45, 7) is 5.18. The number of likely N-dealkylation sites (tertiary alicyclic amines) is 1. The van der Waals surface area contributed by atoms with Gasteiger partial charge >= 0.3 is 5.97 Å². The molecule has 3 heterocycles. The molecule has 1 aliphatic rings. The molecule has 0 spiro atoms. The Kier molecular flexibility index (Phi) is 5.61. The van der Waals surface area contributed by atoms with Gasteiger partial charge in [-0.15, -0.1) is 0 Å². The fraction of sp³-hybridized carbons (Fsp3) is 0.391. The van der Waals surface area contributed by atoms with Crippen molar-refractivity contribution in [1.29, 1.82) is 0 Å². The van der Waals surface area contributed by atoms with Gasteiger partial charge < -0.3 is 18.6 Å². The summed E-state index contributed by atoms with van der Waals surface area (Å²) >= 11 is 0. The summed E-state index contributed by atoms with van der Waals surface area (Å²) < 4.78 is 26.9. The fourth-order valence-corrected chi connectivity index (χ4v) is 4.05. The zero-order valence-electron chi connectivity index (χ0n) is 17.2. The Labute approximate surface area is 174 Å². The number of halogens is 1. The maximum absolute atomic E-state index is 14.3. The Bertz CT molecular complexity index is 1080. The van der Waals surface area contributed by atoms with Crippen LogP contribution in [0.25, 0.3) is 11.1 Å². The summed E-state index contributed by atoms with van der Waals surface area (Å²) in [5, 5.41) is 0. The molecule has 7 heteroatoms. The Hall–Kier alpha value is -3.09. The molecular formula is C23H25FN2O4. The SMILES string of the molecule is CCOC(=O)C1CCN(C(=O)c2cc3oc(C)cc3n2Cc2ccccc2F)CC1. The van der Waals surface area contributed by atoms with Crippen molar-refractivity contribution in [3.63, 3.8) is 0 Å². The quantitative estimate of drug-likeness (QED) is 0.591. The molecule has 0 unspecified atom stereocenters. The Morgan fingerprint density at radius 3 is 2.63 bits per heavy atom. The van der Waals surface area contributed by atoms with E-state index >= 15 is 0 Å². The summed E-state index contributed by atoms with van der Waals surface area (Å²) in [7, 11) is 0. The smallest absolute Gasteiger partial charge is 0.309 e. The summed E-state index contributed by atoms with van der Waals surface area (Å²) in [6.07, 6.45) is 1.15. The average Bonchev–Trinajstić information content (AvgIpc) is 3.26. The van der Waals surface area contributed by atoms with Crippen molar-refractivity contribution in [2.24, 2.45) is 5.92 Å². The zero-order valence-corrected chi connectivity index (χ0v) is 17.2. The molecule has 0 atom stereocenters. The molecule has 1 saturated heterocycles. The van der Waals surface area contributed by atoms with Crippen LogP contribution in [0.1, 0.15) is 41.6 Å². The molecular weight excluding hydrogens is 387 g/mol. The number of aryl methyl sites for hydroxylation is 1. The van der Waals surface area contributed by atoms with Gasteiger partial charge in [0, 0.05) is 30.8 Å². The Morgan fingerprint density at radius 2 is 1.93 bits per heavy atom. The van der Waals surface area contributed by atoms with Crippen LogP contribution in [0, 0.1) is 18.7 Å². The van der Waals surface area contributed by atoms with Gasteiger partial charge in [0.25, 0.3) is 5.91 Å². The predicted molar refractivity (Wildman–Crippen MR) is 110 cm³/mol. The molecule has 4 rings (SSSR count). The van der Waals surface area contributed by atoms with Crippen molar-refractivity contribution < 1.29 is 23.1 Å². The van der Waals surface area contributed by atoms with E-state index in [9.17, 15) is 14.0 Å². The summed E-state index contributed by atoms with van der Waals surface area (Å²) in [6, 6.07) is 10.1. The highest BCUT2D eigenvalue weighted by Gasteiger charge is 2.30. The lowest BCUT2D eigenvalue weighted by molar-refractivity contribution is -0.149. The molecule has 6 nitrogen and oxygen atoms in total. The third-order valence-electron chi connectivity index (χ3n) is 5.62. The van der Waals surface area contributed by atoms with E-state index in [1.807, 2.05) is 17.6 Å². The van der Waals surface area contributed by atoms with Crippen LogP contribution in [0.3, 0.4) is 0 Å². The third-order valence-corrected chi connectivity index (χ3v) is 5.62. The van der Waals surface area contributed by atoms with Gasteiger partial charge in [-0.25, -0.2) is 4.39 Å². The fourth-order valence-electron chi connectivity index (χ4n) is 4.05. The minimum absolute atomic E-state index is 0.141. The average molecular weight is 412 g/mol. The van der Waals surface area contributed by atoms with Gasteiger partial charge in [0.15, 0.2) is 5.58 Å². The minimum Gasteiger partial charge on any atom is -0.466 e. The Morgan fingerprint density at radius 1 is 1.20 bits per heavy atom. The van der Waals surface area contributed by atoms with Crippen molar-refractivity contribution in [1.82, 2.24) is 9.47 Å². The van der Waals surface area contributed by atoms with Crippen LogP contribution in [0.2, 0.25) is 0 Å². The second-order valence-electron chi connectivity index (χ2n) is 7.63. The van der Waals surface area contributed by atoms with Crippen molar-refractivity contribution in [3.05, 3.63) is 59.2 Å². The molecule has 0 saturated carbocycles. The number of rotatable bonds is 5. The zero-order chi connectivity index (χ0) is 21.3. The van der Waals surface area contributed by atoms with Crippen LogP contribution in [0.15, 0.2) is 40.8 Å². The van der Waals surface area contributed by atoms with Crippen LogP contribution >= 0.6 is 0 Å².